The number of amides is 3. The fraction of sp³-hybridized carbons (Fsp3) is 0.214. The Kier molecular flexibility index (Phi) is 7.35. The number of para-hydroxylation sites is 1. The number of benzene rings is 3. The van der Waals surface area contributed by atoms with E-state index in [-0.39, 0.29) is 30.6 Å². The summed E-state index contributed by atoms with van der Waals surface area (Å²) in [6.07, 6.45) is 1.62. The van der Waals surface area contributed by atoms with E-state index in [9.17, 15) is 19.2 Å². The molecule has 0 heterocycles. The van der Waals surface area contributed by atoms with Gasteiger partial charge in [0, 0.05) is 22.7 Å². The van der Waals surface area contributed by atoms with E-state index in [2.05, 4.69) is 10.6 Å². The summed E-state index contributed by atoms with van der Waals surface area (Å²) in [5.74, 6) is -0.834. The molecular weight excluding hydrogens is 442 g/mol. The van der Waals surface area contributed by atoms with Crippen LogP contribution >= 0.6 is 0 Å². The predicted molar refractivity (Wildman–Crippen MR) is 135 cm³/mol. The number of hydrogen-bond donors (Lipinski definition) is 2. The van der Waals surface area contributed by atoms with E-state index in [1.54, 1.807) is 54.6 Å². The first-order chi connectivity index (χ1) is 16.9. The third-order valence-electron chi connectivity index (χ3n) is 5.80. The van der Waals surface area contributed by atoms with Gasteiger partial charge in [-0.25, -0.2) is 4.79 Å². The Hall–Kier alpha value is -4.26. The van der Waals surface area contributed by atoms with Crippen LogP contribution in [-0.2, 0) is 9.59 Å². The number of Topliss-reactive ketones (excluding diaryl/α,β-unsaturated/α-hetero) is 1. The molecule has 7 nitrogen and oxygen atoms in total. The van der Waals surface area contributed by atoms with Crippen LogP contribution in [-0.4, -0.2) is 36.6 Å². The van der Waals surface area contributed by atoms with Gasteiger partial charge in [0.2, 0.25) is 5.91 Å². The van der Waals surface area contributed by atoms with Gasteiger partial charge in [-0.2, -0.15) is 0 Å². The van der Waals surface area contributed by atoms with Gasteiger partial charge in [-0.05, 0) is 49.6 Å². The van der Waals surface area contributed by atoms with Crippen LogP contribution in [0.2, 0.25) is 0 Å². The molecule has 0 saturated heterocycles. The molecule has 0 unspecified atom stereocenters. The van der Waals surface area contributed by atoms with Gasteiger partial charge in [0.1, 0.15) is 0 Å². The van der Waals surface area contributed by atoms with Gasteiger partial charge in [-0.1, -0.05) is 54.6 Å². The summed E-state index contributed by atoms with van der Waals surface area (Å²) in [4.78, 5) is 52.8. The maximum absolute atomic E-state index is 13.3. The van der Waals surface area contributed by atoms with E-state index in [4.69, 9.17) is 0 Å². The first-order valence-corrected chi connectivity index (χ1v) is 11.6. The molecule has 0 aromatic heterocycles. The molecule has 35 heavy (non-hydrogen) atoms. The Morgan fingerprint density at radius 2 is 1.60 bits per heavy atom. The second kappa shape index (κ2) is 10.8. The van der Waals surface area contributed by atoms with Crippen molar-refractivity contribution in [1.29, 1.82) is 0 Å². The molecule has 1 aliphatic carbocycles. The molecule has 2 N–H and O–H groups in total. The minimum absolute atomic E-state index is 0.0514. The Bertz CT molecular complexity index is 1250. The number of nitrogens with zero attached hydrogens (tertiary/aromatic N) is 1. The van der Waals surface area contributed by atoms with Gasteiger partial charge < -0.3 is 15.5 Å². The van der Waals surface area contributed by atoms with E-state index >= 15 is 0 Å². The van der Waals surface area contributed by atoms with Crippen molar-refractivity contribution >= 4 is 34.9 Å². The Labute approximate surface area is 204 Å². The van der Waals surface area contributed by atoms with Gasteiger partial charge in [-0.3, -0.25) is 14.4 Å². The molecule has 1 saturated carbocycles. The SMILES string of the molecule is Cc1cccc(NC(=O)NCC(=O)N(CC(=O)C2CC2)c2ccccc2C(=O)c2ccccc2)c1. The lowest BCUT2D eigenvalue weighted by atomic mass is 10.0. The fourth-order valence-corrected chi connectivity index (χ4v) is 3.79. The topological polar surface area (TPSA) is 95.6 Å². The lowest BCUT2D eigenvalue weighted by Crippen LogP contribution is -2.44. The van der Waals surface area contributed by atoms with E-state index in [1.165, 1.54) is 4.90 Å². The van der Waals surface area contributed by atoms with E-state index in [0.29, 0.717) is 22.5 Å². The molecule has 3 aromatic rings. The Morgan fingerprint density at radius 1 is 0.886 bits per heavy atom. The summed E-state index contributed by atoms with van der Waals surface area (Å²) < 4.78 is 0. The highest BCUT2D eigenvalue weighted by Gasteiger charge is 2.33. The second-order valence-corrected chi connectivity index (χ2v) is 8.61. The molecule has 1 aliphatic rings. The zero-order valence-electron chi connectivity index (χ0n) is 19.5. The molecule has 0 bridgehead atoms. The number of rotatable bonds is 9. The first kappa shape index (κ1) is 23.9. The molecular formula is C28H27N3O4. The lowest BCUT2D eigenvalue weighted by Gasteiger charge is -2.25. The van der Waals surface area contributed by atoms with Crippen molar-refractivity contribution in [3.05, 3.63) is 95.6 Å². The minimum Gasteiger partial charge on any atom is -0.329 e. The summed E-state index contributed by atoms with van der Waals surface area (Å²) in [7, 11) is 0. The molecule has 178 valence electrons. The lowest BCUT2D eigenvalue weighted by molar-refractivity contribution is -0.122. The third kappa shape index (κ3) is 6.20. The molecule has 0 spiro atoms. The van der Waals surface area contributed by atoms with Crippen molar-refractivity contribution in [2.45, 2.75) is 19.8 Å². The number of hydrogen-bond acceptors (Lipinski definition) is 4. The Morgan fingerprint density at radius 3 is 2.31 bits per heavy atom. The van der Waals surface area contributed by atoms with Crippen molar-refractivity contribution in [1.82, 2.24) is 5.32 Å². The smallest absolute Gasteiger partial charge is 0.319 e. The van der Waals surface area contributed by atoms with Gasteiger partial charge >= 0.3 is 6.03 Å². The molecule has 0 aliphatic heterocycles. The van der Waals surface area contributed by atoms with Gasteiger partial charge in [-0.15, -0.1) is 0 Å². The second-order valence-electron chi connectivity index (χ2n) is 8.61. The largest absolute Gasteiger partial charge is 0.329 e. The van der Waals surface area contributed by atoms with Crippen molar-refractivity contribution < 1.29 is 19.2 Å². The summed E-state index contributed by atoms with van der Waals surface area (Å²) in [6, 6.07) is 22.3. The zero-order chi connectivity index (χ0) is 24.8. The van der Waals surface area contributed by atoms with Gasteiger partial charge in [0.25, 0.3) is 0 Å². The van der Waals surface area contributed by atoms with Crippen LogP contribution in [0, 0.1) is 12.8 Å². The molecule has 7 heteroatoms. The zero-order valence-corrected chi connectivity index (χ0v) is 19.5. The molecule has 0 radical (unpaired) electrons. The summed E-state index contributed by atoms with van der Waals surface area (Å²) >= 11 is 0. The van der Waals surface area contributed by atoms with Crippen LogP contribution in [0.15, 0.2) is 78.9 Å². The standard InChI is InChI=1S/C28H27N3O4/c1-19-8-7-11-22(16-19)30-28(35)29-17-26(33)31(18-25(32)20-14-15-20)24-13-6-5-12-23(24)27(34)21-9-3-2-4-10-21/h2-13,16,20H,14-15,17-18H2,1H3,(H2,29,30,35). The minimum atomic E-state index is -0.536. The van der Waals surface area contributed by atoms with Crippen LogP contribution in [0.25, 0.3) is 0 Å². The number of carbonyl (C=O) groups excluding carboxylic acids is 4. The van der Waals surface area contributed by atoms with Crippen molar-refractivity contribution in [2.75, 3.05) is 23.3 Å². The molecule has 4 rings (SSSR count). The third-order valence-corrected chi connectivity index (χ3v) is 5.80. The first-order valence-electron chi connectivity index (χ1n) is 11.6. The van der Waals surface area contributed by atoms with Crippen LogP contribution in [0.5, 0.6) is 0 Å². The number of urea groups is 1. The van der Waals surface area contributed by atoms with Gasteiger partial charge in [0.15, 0.2) is 11.6 Å². The highest BCUT2D eigenvalue weighted by Crippen LogP contribution is 2.31. The average molecular weight is 470 g/mol. The number of nitrogens with one attached hydrogen (secondary N) is 2. The summed E-state index contributed by atoms with van der Waals surface area (Å²) in [5, 5.41) is 5.26. The normalized spacial score (nSPS) is 12.5. The van der Waals surface area contributed by atoms with Gasteiger partial charge in [0.05, 0.1) is 18.8 Å². The molecule has 3 aromatic carbocycles. The predicted octanol–water partition coefficient (Wildman–Crippen LogP) is 4.36. The highest BCUT2D eigenvalue weighted by atomic mass is 16.2. The van der Waals surface area contributed by atoms with E-state index < -0.39 is 11.9 Å². The summed E-state index contributed by atoms with van der Waals surface area (Å²) in [5.41, 5.74) is 2.75. The van der Waals surface area contributed by atoms with Crippen LogP contribution in [0.1, 0.15) is 34.3 Å². The Balaban J connectivity index is 1.53. The van der Waals surface area contributed by atoms with Crippen molar-refractivity contribution in [2.24, 2.45) is 5.92 Å². The van der Waals surface area contributed by atoms with Crippen molar-refractivity contribution in [3.8, 4) is 0 Å². The van der Waals surface area contributed by atoms with Crippen molar-refractivity contribution in [3.63, 3.8) is 0 Å². The van der Waals surface area contributed by atoms with E-state index in [1.807, 2.05) is 31.2 Å². The van der Waals surface area contributed by atoms with E-state index in [0.717, 1.165) is 18.4 Å². The fourth-order valence-electron chi connectivity index (χ4n) is 3.79. The maximum atomic E-state index is 13.3. The quantitative estimate of drug-likeness (QED) is 0.455. The average Bonchev–Trinajstić information content (AvgIpc) is 3.72. The van der Waals surface area contributed by atoms with Crippen LogP contribution in [0.4, 0.5) is 16.2 Å². The summed E-state index contributed by atoms with van der Waals surface area (Å²) in [6.45, 7) is 1.43. The molecule has 3 amide bonds. The monoisotopic (exact) mass is 469 g/mol. The van der Waals surface area contributed by atoms with Crippen LogP contribution in [0.3, 0.4) is 0 Å². The number of aryl methyl sites for hydroxylation is 1. The molecule has 0 atom stereocenters. The number of carbonyl (C=O) groups is 4. The maximum Gasteiger partial charge on any atom is 0.319 e. The number of ketones is 2. The van der Waals surface area contributed by atoms with Crippen LogP contribution < -0.4 is 15.5 Å². The highest BCUT2D eigenvalue weighted by molar-refractivity contribution is 6.15. The molecule has 1 fully saturated rings. The number of anilines is 2.